The number of hydrogen-bond acceptors (Lipinski definition) is 3. The average Bonchev–Trinajstić information content (AvgIpc) is 2.96. The Kier molecular flexibility index (Phi) is 4.29. The maximum atomic E-state index is 12.4. The first-order valence-corrected chi connectivity index (χ1v) is 7.32. The lowest BCUT2D eigenvalue weighted by molar-refractivity contribution is -0.139. The molecule has 1 heterocycles. The van der Waals surface area contributed by atoms with Gasteiger partial charge in [-0.05, 0) is 39.5 Å². The van der Waals surface area contributed by atoms with Crippen LogP contribution in [0.1, 0.15) is 52.4 Å². The molecule has 1 aliphatic carbocycles. The smallest absolute Gasteiger partial charge is 0.225 e. The molecule has 0 N–H and O–H groups in total. The number of rotatable bonds is 4. The predicted octanol–water partition coefficient (Wildman–Crippen LogP) is 2.16. The second-order valence-electron chi connectivity index (χ2n) is 6.40. The van der Waals surface area contributed by atoms with Gasteiger partial charge in [0.05, 0.1) is 12.0 Å². The maximum Gasteiger partial charge on any atom is 0.225 e. The predicted molar refractivity (Wildman–Crippen MR) is 72.8 cm³/mol. The van der Waals surface area contributed by atoms with Crippen molar-refractivity contribution in [2.24, 2.45) is 5.92 Å². The summed E-state index contributed by atoms with van der Waals surface area (Å²) in [6.07, 6.45) is 5.05. The zero-order chi connectivity index (χ0) is 14.0. The van der Waals surface area contributed by atoms with Crippen LogP contribution in [0.25, 0.3) is 0 Å². The number of nitrogens with zero attached hydrogens (tertiary/aromatic N) is 1. The molecule has 0 aromatic rings. The van der Waals surface area contributed by atoms with Gasteiger partial charge in [-0.1, -0.05) is 0 Å². The van der Waals surface area contributed by atoms with E-state index in [1.807, 2.05) is 18.7 Å². The second kappa shape index (κ2) is 5.61. The topological polar surface area (TPSA) is 46.6 Å². The van der Waals surface area contributed by atoms with E-state index < -0.39 is 5.60 Å². The fourth-order valence-electron chi connectivity index (χ4n) is 3.31. The molecule has 4 heteroatoms. The van der Waals surface area contributed by atoms with E-state index in [2.05, 4.69) is 0 Å². The first kappa shape index (κ1) is 14.5. The van der Waals surface area contributed by atoms with E-state index in [9.17, 15) is 9.59 Å². The molecule has 2 atom stereocenters. The Morgan fingerprint density at radius 3 is 2.68 bits per heavy atom. The summed E-state index contributed by atoms with van der Waals surface area (Å²) in [4.78, 5) is 26.3. The highest BCUT2D eigenvalue weighted by Gasteiger charge is 2.40. The third-order valence-electron chi connectivity index (χ3n) is 4.57. The van der Waals surface area contributed by atoms with Crippen molar-refractivity contribution < 1.29 is 14.3 Å². The van der Waals surface area contributed by atoms with Crippen LogP contribution in [0.15, 0.2) is 0 Å². The minimum absolute atomic E-state index is 0.0945. The lowest BCUT2D eigenvalue weighted by atomic mass is 9.94. The molecule has 1 saturated heterocycles. The van der Waals surface area contributed by atoms with Crippen molar-refractivity contribution in [3.05, 3.63) is 0 Å². The summed E-state index contributed by atoms with van der Waals surface area (Å²) in [6, 6.07) is 0.148. The van der Waals surface area contributed by atoms with Crippen molar-refractivity contribution in [3.8, 4) is 0 Å². The molecule has 2 fully saturated rings. The van der Waals surface area contributed by atoms with E-state index in [-0.39, 0.29) is 17.9 Å². The number of ether oxygens (including phenoxy) is 1. The minimum atomic E-state index is -0.427. The van der Waals surface area contributed by atoms with E-state index in [0.717, 1.165) is 32.2 Å². The highest BCUT2D eigenvalue weighted by Crippen LogP contribution is 2.34. The molecule has 0 bridgehead atoms. The third kappa shape index (κ3) is 3.16. The van der Waals surface area contributed by atoms with Crippen LogP contribution in [0, 0.1) is 5.92 Å². The highest BCUT2D eigenvalue weighted by molar-refractivity contribution is 5.85. The lowest BCUT2D eigenvalue weighted by Crippen LogP contribution is -2.44. The molecule has 0 radical (unpaired) electrons. The van der Waals surface area contributed by atoms with Crippen molar-refractivity contribution in [2.45, 2.75) is 64.0 Å². The number of amides is 1. The zero-order valence-corrected chi connectivity index (χ0v) is 12.3. The number of likely N-dealkylation sites (tertiary alicyclic amines) is 1. The van der Waals surface area contributed by atoms with Gasteiger partial charge in [0, 0.05) is 32.0 Å². The number of methoxy groups -OCH3 is 1. The zero-order valence-electron chi connectivity index (χ0n) is 12.3. The molecule has 4 nitrogen and oxygen atoms in total. The number of Topliss-reactive ketones (excluding diaryl/α,β-unsaturated/α-hetero) is 1. The van der Waals surface area contributed by atoms with E-state index in [1.54, 1.807) is 7.11 Å². The maximum absolute atomic E-state index is 12.4. The van der Waals surface area contributed by atoms with Crippen LogP contribution in [0.2, 0.25) is 0 Å². The molecule has 2 unspecified atom stereocenters. The lowest BCUT2D eigenvalue weighted by Gasteiger charge is -2.31. The molecule has 19 heavy (non-hydrogen) atoms. The monoisotopic (exact) mass is 267 g/mol. The van der Waals surface area contributed by atoms with E-state index >= 15 is 0 Å². The molecular formula is C15H25NO3. The standard InChI is InChI=1S/C15H25NO3/c1-15(2,19-3)10-14(18)16-9-5-7-12(16)11-6-4-8-13(11)17/h11-12H,4-10H2,1-3H3. The van der Waals surface area contributed by atoms with Crippen LogP contribution in [-0.4, -0.2) is 41.9 Å². The van der Waals surface area contributed by atoms with Crippen LogP contribution >= 0.6 is 0 Å². The Bertz CT molecular complexity index is 364. The van der Waals surface area contributed by atoms with Crippen molar-refractivity contribution in [2.75, 3.05) is 13.7 Å². The number of hydrogen-bond donors (Lipinski definition) is 0. The molecule has 108 valence electrons. The fourth-order valence-corrected chi connectivity index (χ4v) is 3.31. The van der Waals surface area contributed by atoms with Gasteiger partial charge in [0.1, 0.15) is 5.78 Å². The Morgan fingerprint density at radius 2 is 2.11 bits per heavy atom. The first-order chi connectivity index (χ1) is 8.94. The Balaban J connectivity index is 2.02. The molecule has 0 spiro atoms. The SMILES string of the molecule is COC(C)(C)CC(=O)N1CCCC1C1CCCC1=O. The molecule has 1 amide bonds. The fraction of sp³-hybridized carbons (Fsp3) is 0.867. The van der Waals surface area contributed by atoms with Crippen molar-refractivity contribution in [3.63, 3.8) is 0 Å². The number of carbonyl (C=O) groups excluding carboxylic acids is 2. The summed E-state index contributed by atoms with van der Waals surface area (Å²) in [5, 5.41) is 0. The average molecular weight is 267 g/mol. The summed E-state index contributed by atoms with van der Waals surface area (Å²) in [7, 11) is 1.63. The minimum Gasteiger partial charge on any atom is -0.378 e. The molecule has 2 rings (SSSR count). The summed E-state index contributed by atoms with van der Waals surface area (Å²) >= 11 is 0. The molecule has 1 aliphatic heterocycles. The van der Waals surface area contributed by atoms with Crippen LogP contribution in [0.3, 0.4) is 0 Å². The van der Waals surface area contributed by atoms with Gasteiger partial charge in [0.25, 0.3) is 0 Å². The number of ketones is 1. The van der Waals surface area contributed by atoms with Gasteiger partial charge in [0.2, 0.25) is 5.91 Å². The summed E-state index contributed by atoms with van der Waals surface area (Å²) < 4.78 is 5.34. The van der Waals surface area contributed by atoms with Crippen LogP contribution in [0.4, 0.5) is 0 Å². The number of carbonyl (C=O) groups is 2. The van der Waals surface area contributed by atoms with Gasteiger partial charge >= 0.3 is 0 Å². The normalized spacial score (nSPS) is 28.2. The Labute approximate surface area is 115 Å². The molecule has 0 aromatic carbocycles. The van der Waals surface area contributed by atoms with E-state index in [1.165, 1.54) is 0 Å². The molecule has 0 aromatic heterocycles. The molecule has 1 saturated carbocycles. The summed E-state index contributed by atoms with van der Waals surface area (Å²) in [5.74, 6) is 0.585. The van der Waals surface area contributed by atoms with Gasteiger partial charge in [0.15, 0.2) is 0 Å². The largest absolute Gasteiger partial charge is 0.378 e. The third-order valence-corrected chi connectivity index (χ3v) is 4.57. The van der Waals surface area contributed by atoms with E-state index in [4.69, 9.17) is 4.74 Å². The van der Waals surface area contributed by atoms with Crippen molar-refractivity contribution in [1.29, 1.82) is 0 Å². The first-order valence-electron chi connectivity index (χ1n) is 7.32. The highest BCUT2D eigenvalue weighted by atomic mass is 16.5. The van der Waals surface area contributed by atoms with Crippen LogP contribution in [0.5, 0.6) is 0 Å². The summed E-state index contributed by atoms with van der Waals surface area (Å²) in [6.45, 7) is 4.65. The van der Waals surface area contributed by atoms with Gasteiger partial charge in [-0.3, -0.25) is 9.59 Å². The van der Waals surface area contributed by atoms with Crippen LogP contribution < -0.4 is 0 Å². The Morgan fingerprint density at radius 1 is 1.37 bits per heavy atom. The molecular weight excluding hydrogens is 242 g/mol. The van der Waals surface area contributed by atoms with Crippen LogP contribution in [-0.2, 0) is 14.3 Å². The Hall–Kier alpha value is -0.900. The van der Waals surface area contributed by atoms with Gasteiger partial charge in [-0.25, -0.2) is 0 Å². The van der Waals surface area contributed by atoms with Crippen molar-refractivity contribution in [1.82, 2.24) is 4.90 Å². The van der Waals surface area contributed by atoms with Gasteiger partial charge in [-0.15, -0.1) is 0 Å². The van der Waals surface area contributed by atoms with E-state index in [0.29, 0.717) is 18.6 Å². The van der Waals surface area contributed by atoms with Gasteiger partial charge in [-0.2, -0.15) is 0 Å². The summed E-state index contributed by atoms with van der Waals surface area (Å²) in [5.41, 5.74) is -0.427. The van der Waals surface area contributed by atoms with Gasteiger partial charge < -0.3 is 9.64 Å². The quantitative estimate of drug-likeness (QED) is 0.784. The molecule has 2 aliphatic rings. The van der Waals surface area contributed by atoms with Crippen molar-refractivity contribution >= 4 is 11.7 Å². The second-order valence-corrected chi connectivity index (χ2v) is 6.40.